The van der Waals surface area contributed by atoms with E-state index in [0.29, 0.717) is 3.78 Å². The van der Waals surface area contributed by atoms with Crippen LogP contribution in [0.4, 0.5) is 0 Å². The summed E-state index contributed by atoms with van der Waals surface area (Å²) in [6.07, 6.45) is -1.14. The second kappa shape index (κ2) is 3.75. The molecule has 0 aromatic carbocycles. The molecule has 61 valence electrons. The molecule has 5 heteroatoms. The molecular weight excluding hydrogens is 255 g/mol. The predicted octanol–water partition coefficient (Wildman–Crippen LogP) is -1.89. The molecule has 0 bridgehead atoms. The maximum absolute atomic E-state index is 9.19. The molecule has 1 rings (SSSR count). The van der Waals surface area contributed by atoms with Crippen molar-refractivity contribution in [2.75, 3.05) is 6.61 Å². The van der Waals surface area contributed by atoms with E-state index in [4.69, 9.17) is 14.9 Å². The van der Waals surface area contributed by atoms with Gasteiger partial charge in [-0.2, -0.15) is 0 Å². The molecule has 0 saturated carbocycles. The van der Waals surface area contributed by atoms with Crippen molar-refractivity contribution in [2.24, 2.45) is 0 Å². The molecule has 1 heterocycles. The van der Waals surface area contributed by atoms with E-state index in [1.165, 1.54) is 6.08 Å². The molecule has 0 saturated heterocycles. The fourth-order valence-electron chi connectivity index (χ4n) is 0.891. The second-order valence-electron chi connectivity index (χ2n) is 2.35. The quantitative estimate of drug-likeness (QED) is 0.484. The monoisotopic (exact) mass is 265 g/mol. The number of rotatable bonds is 1. The zero-order valence-corrected chi connectivity index (χ0v) is 8.62. The normalized spacial score (nSPS) is 37.8. The van der Waals surface area contributed by atoms with Crippen molar-refractivity contribution in [3.63, 3.8) is 0 Å². The van der Waals surface area contributed by atoms with Gasteiger partial charge in [-0.15, -0.1) is 0 Å². The Morgan fingerprint density at radius 2 is 2.18 bits per heavy atom. The average Bonchev–Trinajstić information content (AvgIpc) is 1.96. The number of hydrogen-bond donors (Lipinski definition) is 3. The summed E-state index contributed by atoms with van der Waals surface area (Å²) in [5, 5.41) is 27.0. The first-order valence-corrected chi connectivity index (χ1v) is 4.65. The number of aliphatic hydroxyl groups is 3. The standard InChI is InChI=1S/C6H9O4.Sn/c7-3-5-6(9)4(8)1-2-10-5;/h1,4-9H,3H2;/t4-,5-,6+;/m1./s1. The molecule has 1 aliphatic heterocycles. The molecular formula is C6H9O4Sn. The molecule has 3 radical (unpaired) electrons. The Kier molecular flexibility index (Phi) is 3.17. The molecule has 0 aliphatic carbocycles. The van der Waals surface area contributed by atoms with Crippen LogP contribution in [-0.4, -0.2) is 62.8 Å². The number of hydrogen-bond acceptors (Lipinski definition) is 4. The molecule has 0 aromatic rings. The molecule has 0 amide bonds. The van der Waals surface area contributed by atoms with E-state index >= 15 is 0 Å². The molecule has 0 aromatic heterocycles. The van der Waals surface area contributed by atoms with Crippen LogP contribution in [0.1, 0.15) is 0 Å². The third-order valence-corrected chi connectivity index (χ3v) is 2.32. The topological polar surface area (TPSA) is 69.9 Å². The van der Waals surface area contributed by atoms with Crippen LogP contribution in [0, 0.1) is 0 Å². The molecule has 3 atom stereocenters. The summed E-state index contributed by atoms with van der Waals surface area (Å²) < 4.78 is 5.68. The van der Waals surface area contributed by atoms with Gasteiger partial charge in [0.25, 0.3) is 0 Å². The van der Waals surface area contributed by atoms with Crippen LogP contribution in [0.25, 0.3) is 0 Å². The van der Waals surface area contributed by atoms with E-state index in [1.807, 2.05) is 0 Å². The fourth-order valence-corrected chi connectivity index (χ4v) is 1.81. The Labute approximate surface area is 77.6 Å². The third-order valence-electron chi connectivity index (χ3n) is 1.51. The van der Waals surface area contributed by atoms with Crippen LogP contribution in [0.15, 0.2) is 9.85 Å². The molecule has 0 unspecified atom stereocenters. The van der Waals surface area contributed by atoms with Crippen molar-refractivity contribution in [3.05, 3.63) is 9.85 Å². The molecule has 3 N–H and O–H groups in total. The van der Waals surface area contributed by atoms with Gasteiger partial charge in [0, 0.05) is 0 Å². The molecule has 1 aliphatic rings. The Balaban J connectivity index is 2.67. The van der Waals surface area contributed by atoms with Crippen molar-refractivity contribution >= 4 is 22.5 Å². The van der Waals surface area contributed by atoms with E-state index < -0.39 is 18.3 Å². The minimum atomic E-state index is -1.01. The van der Waals surface area contributed by atoms with E-state index in [0.717, 1.165) is 22.5 Å². The summed E-state index contributed by atoms with van der Waals surface area (Å²) >= 11 is 1.03. The summed E-state index contributed by atoms with van der Waals surface area (Å²) in [4.78, 5) is 0. The van der Waals surface area contributed by atoms with Crippen molar-refractivity contribution in [2.45, 2.75) is 18.3 Å². The summed E-state index contributed by atoms with van der Waals surface area (Å²) in [5.41, 5.74) is 0. The molecule has 4 nitrogen and oxygen atoms in total. The average molecular weight is 264 g/mol. The summed E-state index contributed by atoms with van der Waals surface area (Å²) in [6, 6.07) is 0. The SMILES string of the molecule is OC[C@H]1O[C]([Sn])=C[C@@H](O)[C@@H]1O. The van der Waals surface area contributed by atoms with Gasteiger partial charge in [0.15, 0.2) is 0 Å². The van der Waals surface area contributed by atoms with Crippen LogP contribution < -0.4 is 0 Å². The second-order valence-corrected chi connectivity index (χ2v) is 3.76. The summed E-state index contributed by atoms with van der Waals surface area (Å²) in [7, 11) is 0. The van der Waals surface area contributed by atoms with Gasteiger partial charge in [0.2, 0.25) is 0 Å². The fraction of sp³-hybridized carbons (Fsp3) is 0.667. The van der Waals surface area contributed by atoms with Gasteiger partial charge in [-0.3, -0.25) is 0 Å². The molecule has 0 spiro atoms. The van der Waals surface area contributed by atoms with E-state index in [9.17, 15) is 5.11 Å². The van der Waals surface area contributed by atoms with Crippen molar-refractivity contribution in [1.82, 2.24) is 0 Å². The summed E-state index contributed by atoms with van der Waals surface area (Å²) in [5.74, 6) is 0. The summed E-state index contributed by atoms with van der Waals surface area (Å²) in [6.45, 7) is -0.274. The number of ether oxygens (including phenoxy) is 1. The van der Waals surface area contributed by atoms with Gasteiger partial charge in [-0.1, -0.05) is 0 Å². The van der Waals surface area contributed by atoms with Crippen molar-refractivity contribution < 1.29 is 20.1 Å². The Morgan fingerprint density at radius 1 is 1.55 bits per heavy atom. The van der Waals surface area contributed by atoms with Gasteiger partial charge < -0.3 is 0 Å². The van der Waals surface area contributed by atoms with Crippen LogP contribution in [0.5, 0.6) is 0 Å². The van der Waals surface area contributed by atoms with Gasteiger partial charge in [0.1, 0.15) is 0 Å². The van der Waals surface area contributed by atoms with Gasteiger partial charge in [0.05, 0.1) is 0 Å². The van der Waals surface area contributed by atoms with Crippen LogP contribution in [0.2, 0.25) is 0 Å². The van der Waals surface area contributed by atoms with Crippen LogP contribution in [-0.2, 0) is 4.74 Å². The van der Waals surface area contributed by atoms with E-state index in [2.05, 4.69) is 0 Å². The molecule has 11 heavy (non-hydrogen) atoms. The zero-order chi connectivity index (χ0) is 8.43. The van der Waals surface area contributed by atoms with Gasteiger partial charge in [-0.05, 0) is 0 Å². The van der Waals surface area contributed by atoms with E-state index in [1.54, 1.807) is 0 Å². The maximum atomic E-state index is 9.19. The molecule has 0 fully saturated rings. The Hall–Kier alpha value is 0.219. The van der Waals surface area contributed by atoms with Gasteiger partial charge in [-0.25, -0.2) is 0 Å². The number of aliphatic hydroxyl groups excluding tert-OH is 3. The third kappa shape index (κ3) is 2.08. The van der Waals surface area contributed by atoms with E-state index in [-0.39, 0.29) is 6.61 Å². The van der Waals surface area contributed by atoms with Crippen molar-refractivity contribution in [3.8, 4) is 0 Å². The van der Waals surface area contributed by atoms with Crippen LogP contribution in [0.3, 0.4) is 0 Å². The first-order valence-electron chi connectivity index (χ1n) is 3.22. The predicted molar refractivity (Wildman–Crippen MR) is 37.8 cm³/mol. The van der Waals surface area contributed by atoms with Crippen molar-refractivity contribution in [1.29, 1.82) is 0 Å². The first kappa shape index (κ1) is 9.31. The van der Waals surface area contributed by atoms with Crippen LogP contribution >= 0.6 is 0 Å². The first-order chi connectivity index (χ1) is 5.15. The van der Waals surface area contributed by atoms with Gasteiger partial charge >= 0.3 is 77.4 Å². The Morgan fingerprint density at radius 3 is 2.73 bits per heavy atom. The zero-order valence-electron chi connectivity index (χ0n) is 5.77. The minimum absolute atomic E-state index is 0.274. The Bertz CT molecular complexity index is 170.